The van der Waals surface area contributed by atoms with Gasteiger partial charge in [-0.1, -0.05) is 11.6 Å². The number of hydrogen-bond donors (Lipinski definition) is 1. The highest BCUT2D eigenvalue weighted by molar-refractivity contribution is 7.93. The standard InChI is InChI=1S/C25H25N5O4S2/c1-17-3-8-22-19(15-17)9-11-29(22)18(2)24(32)28-12-13-30(23(31)16-28)20-4-6-21(7-5-20)36(33,34)27-25-26-10-14-35-25/h3-11,14-15,18H,12-13,16H2,1-2H3,(H,26,27)/t18-/m1/s1. The van der Waals surface area contributed by atoms with Gasteiger partial charge in [0, 0.05) is 42.1 Å². The van der Waals surface area contributed by atoms with Gasteiger partial charge in [0.2, 0.25) is 11.8 Å². The molecule has 5 rings (SSSR count). The Morgan fingerprint density at radius 2 is 1.89 bits per heavy atom. The number of fused-ring (bicyclic) bond motifs is 1. The maximum absolute atomic E-state index is 13.2. The summed E-state index contributed by atoms with van der Waals surface area (Å²) in [6.07, 6.45) is 3.42. The molecule has 2 aromatic carbocycles. The van der Waals surface area contributed by atoms with Crippen molar-refractivity contribution in [3.8, 4) is 0 Å². The van der Waals surface area contributed by atoms with Gasteiger partial charge in [-0.15, -0.1) is 11.3 Å². The normalized spacial score (nSPS) is 15.3. The molecule has 2 aromatic heterocycles. The minimum Gasteiger partial charge on any atom is -0.335 e. The maximum Gasteiger partial charge on any atom is 0.263 e. The number of nitrogens with one attached hydrogen (secondary N) is 1. The lowest BCUT2D eigenvalue weighted by Gasteiger charge is -2.35. The number of aryl methyl sites for hydroxylation is 1. The van der Waals surface area contributed by atoms with Crippen LogP contribution in [0.25, 0.3) is 10.9 Å². The lowest BCUT2D eigenvalue weighted by Crippen LogP contribution is -2.53. The molecule has 0 saturated carbocycles. The van der Waals surface area contributed by atoms with Gasteiger partial charge in [0.15, 0.2) is 5.13 Å². The number of benzene rings is 2. The number of nitrogens with zero attached hydrogens (tertiary/aromatic N) is 4. The van der Waals surface area contributed by atoms with Crippen molar-refractivity contribution in [1.29, 1.82) is 0 Å². The predicted molar refractivity (Wildman–Crippen MR) is 140 cm³/mol. The second-order valence-corrected chi connectivity index (χ2v) is 11.3. The molecule has 1 atom stereocenters. The highest BCUT2D eigenvalue weighted by atomic mass is 32.2. The molecule has 0 spiro atoms. The number of sulfonamides is 1. The van der Waals surface area contributed by atoms with Crippen molar-refractivity contribution in [2.24, 2.45) is 0 Å². The molecule has 0 unspecified atom stereocenters. The molecule has 9 nitrogen and oxygen atoms in total. The Kier molecular flexibility index (Phi) is 6.27. The fourth-order valence-corrected chi connectivity index (χ4v) is 6.18. The van der Waals surface area contributed by atoms with Gasteiger partial charge in [0.25, 0.3) is 10.0 Å². The van der Waals surface area contributed by atoms with Crippen LogP contribution in [-0.2, 0) is 19.6 Å². The summed E-state index contributed by atoms with van der Waals surface area (Å²) in [6, 6.07) is 13.8. The van der Waals surface area contributed by atoms with E-state index in [0.29, 0.717) is 18.8 Å². The molecule has 1 saturated heterocycles. The summed E-state index contributed by atoms with van der Waals surface area (Å²) in [7, 11) is -3.77. The molecule has 3 heterocycles. The van der Waals surface area contributed by atoms with E-state index in [1.807, 2.05) is 42.8 Å². The van der Waals surface area contributed by atoms with Crippen molar-refractivity contribution in [2.75, 3.05) is 29.3 Å². The van der Waals surface area contributed by atoms with E-state index in [0.717, 1.165) is 16.5 Å². The van der Waals surface area contributed by atoms with Crippen LogP contribution in [-0.4, -0.2) is 54.3 Å². The summed E-state index contributed by atoms with van der Waals surface area (Å²) in [6.45, 7) is 4.55. The van der Waals surface area contributed by atoms with Crippen molar-refractivity contribution in [2.45, 2.75) is 24.8 Å². The average molecular weight is 524 g/mol. The number of piperazine rings is 1. The Morgan fingerprint density at radius 1 is 1.11 bits per heavy atom. The third-order valence-electron chi connectivity index (χ3n) is 6.30. The van der Waals surface area contributed by atoms with E-state index in [-0.39, 0.29) is 28.4 Å². The molecule has 186 valence electrons. The molecule has 0 radical (unpaired) electrons. The Hall–Kier alpha value is -3.70. The number of thiazole rings is 1. The van der Waals surface area contributed by atoms with Crippen molar-refractivity contribution >= 4 is 54.9 Å². The maximum atomic E-state index is 13.2. The van der Waals surface area contributed by atoms with Gasteiger partial charge in [-0.3, -0.25) is 14.3 Å². The van der Waals surface area contributed by atoms with Crippen LogP contribution in [0.1, 0.15) is 18.5 Å². The zero-order valence-corrected chi connectivity index (χ0v) is 21.4. The van der Waals surface area contributed by atoms with Crippen LogP contribution < -0.4 is 9.62 Å². The van der Waals surface area contributed by atoms with Crippen LogP contribution in [0.5, 0.6) is 0 Å². The molecule has 4 aromatic rings. The summed E-state index contributed by atoms with van der Waals surface area (Å²) in [5, 5.41) is 3.04. The van der Waals surface area contributed by atoms with Crippen molar-refractivity contribution in [3.63, 3.8) is 0 Å². The fourth-order valence-electron chi connectivity index (χ4n) is 4.39. The zero-order chi connectivity index (χ0) is 25.4. The first kappa shape index (κ1) is 24.0. The quantitative estimate of drug-likeness (QED) is 0.416. The molecule has 0 bridgehead atoms. The first-order chi connectivity index (χ1) is 17.2. The minimum atomic E-state index is -3.77. The molecule has 11 heteroatoms. The molecular weight excluding hydrogens is 498 g/mol. The Bertz CT molecular complexity index is 1530. The van der Waals surface area contributed by atoms with Gasteiger partial charge < -0.3 is 14.4 Å². The third-order valence-corrected chi connectivity index (χ3v) is 8.47. The summed E-state index contributed by atoms with van der Waals surface area (Å²) in [4.78, 5) is 33.4. The number of amides is 2. The molecule has 1 aliphatic heterocycles. The van der Waals surface area contributed by atoms with Crippen molar-refractivity contribution < 1.29 is 18.0 Å². The molecule has 1 aliphatic rings. The van der Waals surface area contributed by atoms with Crippen LogP contribution >= 0.6 is 11.3 Å². The van der Waals surface area contributed by atoms with Gasteiger partial charge >= 0.3 is 0 Å². The fraction of sp³-hybridized carbons (Fsp3) is 0.240. The topological polar surface area (TPSA) is 105 Å². The van der Waals surface area contributed by atoms with Crippen molar-refractivity contribution in [1.82, 2.24) is 14.5 Å². The lowest BCUT2D eigenvalue weighted by molar-refractivity contribution is -0.139. The van der Waals surface area contributed by atoms with Gasteiger partial charge in [-0.25, -0.2) is 13.4 Å². The largest absolute Gasteiger partial charge is 0.335 e. The third kappa shape index (κ3) is 4.59. The Balaban J connectivity index is 1.26. The van der Waals surface area contributed by atoms with Crippen LogP contribution in [0.3, 0.4) is 0 Å². The monoisotopic (exact) mass is 523 g/mol. The Labute approximate surface area is 213 Å². The van der Waals surface area contributed by atoms with E-state index in [1.165, 1.54) is 29.7 Å². The lowest BCUT2D eigenvalue weighted by atomic mass is 10.1. The summed E-state index contributed by atoms with van der Waals surface area (Å²) in [5.41, 5.74) is 2.72. The SMILES string of the molecule is Cc1ccc2c(ccn2[C@H](C)C(=O)N2CCN(c3ccc(S(=O)(=O)Nc4nccs4)cc3)C(=O)C2)c1. The predicted octanol–water partition coefficient (Wildman–Crippen LogP) is 3.64. The van der Waals surface area contributed by atoms with Crippen LogP contribution in [0, 0.1) is 6.92 Å². The van der Waals surface area contributed by atoms with Gasteiger partial charge in [-0.2, -0.15) is 0 Å². The smallest absolute Gasteiger partial charge is 0.263 e. The molecule has 1 fully saturated rings. The number of rotatable bonds is 6. The van der Waals surface area contributed by atoms with E-state index >= 15 is 0 Å². The number of carbonyl (C=O) groups is 2. The second-order valence-electron chi connectivity index (χ2n) is 8.70. The van der Waals surface area contributed by atoms with Gasteiger partial charge in [0.05, 0.1) is 4.90 Å². The molecule has 36 heavy (non-hydrogen) atoms. The molecule has 2 amide bonds. The van der Waals surface area contributed by atoms with E-state index in [1.54, 1.807) is 27.3 Å². The number of anilines is 2. The highest BCUT2D eigenvalue weighted by Crippen LogP contribution is 2.25. The van der Waals surface area contributed by atoms with Crippen LogP contribution in [0.15, 0.2) is 71.2 Å². The number of hydrogen-bond acceptors (Lipinski definition) is 6. The minimum absolute atomic E-state index is 0.0346. The highest BCUT2D eigenvalue weighted by Gasteiger charge is 2.31. The number of carbonyl (C=O) groups excluding carboxylic acids is 2. The molecular formula is C25H25N5O4S2. The van der Waals surface area contributed by atoms with Crippen LogP contribution in [0.4, 0.5) is 10.8 Å². The van der Waals surface area contributed by atoms with Gasteiger partial charge in [-0.05, 0) is 61.7 Å². The van der Waals surface area contributed by atoms with E-state index in [2.05, 4.69) is 15.8 Å². The van der Waals surface area contributed by atoms with Gasteiger partial charge in [0.1, 0.15) is 12.6 Å². The second kappa shape index (κ2) is 9.40. The van der Waals surface area contributed by atoms with E-state index in [9.17, 15) is 18.0 Å². The average Bonchev–Trinajstić information content (AvgIpc) is 3.52. The Morgan fingerprint density at radius 3 is 2.58 bits per heavy atom. The molecule has 0 aliphatic carbocycles. The van der Waals surface area contributed by atoms with E-state index < -0.39 is 16.1 Å². The summed E-state index contributed by atoms with van der Waals surface area (Å²) >= 11 is 1.19. The van der Waals surface area contributed by atoms with E-state index in [4.69, 9.17) is 0 Å². The van der Waals surface area contributed by atoms with Crippen molar-refractivity contribution in [3.05, 3.63) is 71.9 Å². The molecule has 1 N–H and O–H groups in total. The zero-order valence-electron chi connectivity index (χ0n) is 19.8. The number of aromatic nitrogens is 2. The first-order valence-corrected chi connectivity index (χ1v) is 13.8. The summed E-state index contributed by atoms with van der Waals surface area (Å²) in [5.74, 6) is -0.331. The van der Waals surface area contributed by atoms with Crippen LogP contribution in [0.2, 0.25) is 0 Å². The first-order valence-electron chi connectivity index (χ1n) is 11.4. The summed E-state index contributed by atoms with van der Waals surface area (Å²) < 4.78 is 29.5.